The van der Waals surface area contributed by atoms with Crippen molar-refractivity contribution in [3.8, 4) is 6.07 Å². The van der Waals surface area contributed by atoms with Gasteiger partial charge in [0.15, 0.2) is 0 Å². The lowest BCUT2D eigenvalue weighted by Gasteiger charge is -2.36. The summed E-state index contributed by atoms with van der Waals surface area (Å²) in [4.78, 5) is 2.36. The van der Waals surface area contributed by atoms with Crippen LogP contribution in [0.4, 0.5) is 0 Å². The highest BCUT2D eigenvalue weighted by Gasteiger charge is 2.25. The number of hydrogen-bond donors (Lipinski definition) is 1. The summed E-state index contributed by atoms with van der Waals surface area (Å²) in [7, 11) is 2.16. The fourth-order valence-corrected chi connectivity index (χ4v) is 2.11. The van der Waals surface area contributed by atoms with Crippen molar-refractivity contribution >= 4 is 0 Å². The Balaban J connectivity index is 2.41. The van der Waals surface area contributed by atoms with Gasteiger partial charge in [-0.15, -0.1) is 0 Å². The Labute approximate surface area is 87.1 Å². The van der Waals surface area contributed by atoms with Crippen LogP contribution in [-0.2, 0) is 0 Å². The van der Waals surface area contributed by atoms with Gasteiger partial charge < -0.3 is 4.90 Å². The van der Waals surface area contributed by atoms with Gasteiger partial charge >= 0.3 is 0 Å². The molecule has 1 fully saturated rings. The summed E-state index contributed by atoms with van der Waals surface area (Å²) in [5, 5.41) is 12.3. The van der Waals surface area contributed by atoms with Crippen LogP contribution in [0.2, 0.25) is 0 Å². The monoisotopic (exact) mass is 195 g/mol. The van der Waals surface area contributed by atoms with Crippen LogP contribution in [0.5, 0.6) is 0 Å². The lowest BCUT2D eigenvalue weighted by atomic mass is 9.93. The maximum atomic E-state index is 8.87. The molecule has 0 amide bonds. The average molecular weight is 195 g/mol. The summed E-state index contributed by atoms with van der Waals surface area (Å²) >= 11 is 0. The Morgan fingerprint density at radius 3 is 2.86 bits per heavy atom. The molecule has 1 aliphatic rings. The molecule has 80 valence electrons. The third-order valence-corrected chi connectivity index (χ3v) is 3.09. The molecule has 3 unspecified atom stereocenters. The van der Waals surface area contributed by atoms with Crippen molar-refractivity contribution in [3.63, 3.8) is 0 Å². The molecular formula is C11H21N3. The lowest BCUT2D eigenvalue weighted by Crippen LogP contribution is -2.49. The molecule has 14 heavy (non-hydrogen) atoms. The molecule has 1 N–H and O–H groups in total. The normalized spacial score (nSPS) is 31.0. The SMILES string of the molecule is CCC(C#N)NC1CCN(C)CC1C. The average Bonchev–Trinajstić information content (AvgIpc) is 2.17. The van der Waals surface area contributed by atoms with Crippen LogP contribution in [-0.4, -0.2) is 37.1 Å². The van der Waals surface area contributed by atoms with Crippen molar-refractivity contribution in [1.82, 2.24) is 10.2 Å². The van der Waals surface area contributed by atoms with E-state index in [4.69, 9.17) is 5.26 Å². The summed E-state index contributed by atoms with van der Waals surface area (Å²) in [6.07, 6.45) is 2.06. The van der Waals surface area contributed by atoms with Crippen molar-refractivity contribution in [1.29, 1.82) is 5.26 Å². The van der Waals surface area contributed by atoms with E-state index in [9.17, 15) is 0 Å². The summed E-state index contributed by atoms with van der Waals surface area (Å²) in [6, 6.07) is 2.86. The number of hydrogen-bond acceptors (Lipinski definition) is 3. The van der Waals surface area contributed by atoms with Gasteiger partial charge in [-0.25, -0.2) is 0 Å². The lowest BCUT2D eigenvalue weighted by molar-refractivity contribution is 0.170. The molecule has 3 heteroatoms. The van der Waals surface area contributed by atoms with Crippen LogP contribution >= 0.6 is 0 Å². The molecule has 0 aromatic rings. The smallest absolute Gasteiger partial charge is 0.0952 e. The van der Waals surface area contributed by atoms with E-state index in [-0.39, 0.29) is 6.04 Å². The van der Waals surface area contributed by atoms with Gasteiger partial charge in [-0.05, 0) is 32.4 Å². The first-order valence-electron chi connectivity index (χ1n) is 5.51. The molecule has 0 aromatic carbocycles. The molecule has 1 aliphatic heterocycles. The maximum absolute atomic E-state index is 8.87. The zero-order valence-corrected chi connectivity index (χ0v) is 9.45. The third-order valence-electron chi connectivity index (χ3n) is 3.09. The van der Waals surface area contributed by atoms with E-state index in [1.807, 2.05) is 0 Å². The molecule has 3 nitrogen and oxygen atoms in total. The van der Waals surface area contributed by atoms with E-state index in [1.54, 1.807) is 0 Å². The van der Waals surface area contributed by atoms with Gasteiger partial charge in [0, 0.05) is 12.6 Å². The molecule has 0 radical (unpaired) electrons. The summed E-state index contributed by atoms with van der Waals surface area (Å²) in [5.74, 6) is 0.649. The van der Waals surface area contributed by atoms with Gasteiger partial charge in [-0.3, -0.25) is 5.32 Å². The van der Waals surface area contributed by atoms with E-state index in [1.165, 1.54) is 0 Å². The first kappa shape index (κ1) is 11.5. The molecule has 0 aliphatic carbocycles. The zero-order chi connectivity index (χ0) is 10.6. The quantitative estimate of drug-likeness (QED) is 0.736. The van der Waals surface area contributed by atoms with Gasteiger partial charge in [0.1, 0.15) is 0 Å². The van der Waals surface area contributed by atoms with Crippen LogP contribution in [0.3, 0.4) is 0 Å². The van der Waals surface area contributed by atoms with Crippen LogP contribution < -0.4 is 5.32 Å². The highest BCUT2D eigenvalue weighted by atomic mass is 15.1. The second kappa shape index (κ2) is 5.33. The molecular weight excluding hydrogens is 174 g/mol. The van der Waals surface area contributed by atoms with Crippen LogP contribution in [0, 0.1) is 17.2 Å². The minimum absolute atomic E-state index is 0.0332. The Bertz CT molecular complexity index is 209. The van der Waals surface area contributed by atoms with E-state index in [0.29, 0.717) is 12.0 Å². The maximum Gasteiger partial charge on any atom is 0.0952 e. The van der Waals surface area contributed by atoms with Crippen molar-refractivity contribution < 1.29 is 0 Å². The van der Waals surface area contributed by atoms with Crippen molar-refractivity contribution in [2.45, 2.75) is 38.8 Å². The fraction of sp³-hybridized carbons (Fsp3) is 0.909. The van der Waals surface area contributed by atoms with Gasteiger partial charge in [-0.1, -0.05) is 13.8 Å². The highest BCUT2D eigenvalue weighted by molar-refractivity contribution is 4.93. The number of likely N-dealkylation sites (tertiary alicyclic amines) is 1. The van der Waals surface area contributed by atoms with Gasteiger partial charge in [-0.2, -0.15) is 5.26 Å². The van der Waals surface area contributed by atoms with Gasteiger partial charge in [0.25, 0.3) is 0 Å². The molecule has 3 atom stereocenters. The summed E-state index contributed by atoms with van der Waals surface area (Å²) in [5.41, 5.74) is 0. The van der Waals surface area contributed by atoms with Crippen molar-refractivity contribution in [2.75, 3.05) is 20.1 Å². The van der Waals surface area contributed by atoms with Crippen LogP contribution in [0.15, 0.2) is 0 Å². The highest BCUT2D eigenvalue weighted by Crippen LogP contribution is 2.16. The number of rotatable bonds is 3. The summed E-state index contributed by atoms with van der Waals surface area (Å²) in [6.45, 7) is 6.60. The number of nitrogens with zero attached hydrogens (tertiary/aromatic N) is 2. The number of nitriles is 1. The topological polar surface area (TPSA) is 39.1 Å². The molecule has 0 aromatic heterocycles. The predicted octanol–water partition coefficient (Wildman–Crippen LogP) is 1.22. The molecule has 0 saturated carbocycles. The Kier molecular flexibility index (Phi) is 4.37. The van der Waals surface area contributed by atoms with Crippen LogP contribution in [0.1, 0.15) is 26.7 Å². The largest absolute Gasteiger partial charge is 0.306 e. The first-order valence-corrected chi connectivity index (χ1v) is 5.51. The van der Waals surface area contributed by atoms with Crippen molar-refractivity contribution in [3.05, 3.63) is 0 Å². The fourth-order valence-electron chi connectivity index (χ4n) is 2.11. The van der Waals surface area contributed by atoms with E-state index < -0.39 is 0 Å². The van der Waals surface area contributed by atoms with E-state index in [2.05, 4.69) is 37.2 Å². The Hall–Kier alpha value is -0.590. The number of nitrogens with one attached hydrogen (secondary N) is 1. The van der Waals surface area contributed by atoms with E-state index >= 15 is 0 Å². The van der Waals surface area contributed by atoms with Gasteiger partial charge in [0.05, 0.1) is 12.1 Å². The van der Waals surface area contributed by atoms with Gasteiger partial charge in [0.2, 0.25) is 0 Å². The molecule has 1 saturated heterocycles. The Morgan fingerprint density at radius 1 is 1.64 bits per heavy atom. The molecule has 0 spiro atoms. The Morgan fingerprint density at radius 2 is 2.36 bits per heavy atom. The third kappa shape index (κ3) is 2.97. The second-order valence-electron chi connectivity index (χ2n) is 4.39. The minimum Gasteiger partial charge on any atom is -0.306 e. The predicted molar refractivity (Wildman–Crippen MR) is 57.9 cm³/mol. The standard InChI is InChI=1S/C11H21N3/c1-4-10(7-12)13-11-5-6-14(3)8-9(11)2/h9-11,13H,4-6,8H2,1-3H3. The van der Waals surface area contributed by atoms with E-state index in [0.717, 1.165) is 25.9 Å². The molecule has 1 heterocycles. The molecule has 0 bridgehead atoms. The van der Waals surface area contributed by atoms with Crippen molar-refractivity contribution in [2.24, 2.45) is 5.92 Å². The minimum atomic E-state index is 0.0332. The zero-order valence-electron chi connectivity index (χ0n) is 9.45. The first-order chi connectivity index (χ1) is 6.67. The molecule has 1 rings (SSSR count). The second-order valence-corrected chi connectivity index (χ2v) is 4.39. The summed E-state index contributed by atoms with van der Waals surface area (Å²) < 4.78 is 0. The number of piperidine rings is 1. The van der Waals surface area contributed by atoms with Crippen LogP contribution in [0.25, 0.3) is 0 Å².